The van der Waals surface area contributed by atoms with Gasteiger partial charge in [0.25, 0.3) is 5.91 Å². The summed E-state index contributed by atoms with van der Waals surface area (Å²) in [5.41, 5.74) is 2.75. The van der Waals surface area contributed by atoms with E-state index in [-0.39, 0.29) is 5.91 Å². The van der Waals surface area contributed by atoms with Gasteiger partial charge >= 0.3 is 0 Å². The van der Waals surface area contributed by atoms with Crippen molar-refractivity contribution in [2.24, 2.45) is 0 Å². The smallest absolute Gasteiger partial charge is 0.251 e. The van der Waals surface area contributed by atoms with E-state index in [1.54, 1.807) is 12.1 Å². The first kappa shape index (κ1) is 21.0. The second-order valence-corrected chi connectivity index (χ2v) is 6.75. The predicted molar refractivity (Wildman–Crippen MR) is 110 cm³/mol. The molecular weight excluding hydrogens is 372 g/mol. The van der Waals surface area contributed by atoms with Crippen LogP contribution in [0.1, 0.15) is 21.5 Å². The van der Waals surface area contributed by atoms with E-state index in [4.69, 9.17) is 18.9 Å². The molecule has 1 aliphatic heterocycles. The van der Waals surface area contributed by atoms with Crippen LogP contribution in [-0.2, 0) is 17.8 Å². The van der Waals surface area contributed by atoms with Crippen molar-refractivity contribution < 1.29 is 23.7 Å². The molecule has 0 aliphatic carbocycles. The maximum absolute atomic E-state index is 12.8. The second kappa shape index (κ2) is 10.1. The molecule has 2 aromatic carbocycles. The number of morpholine rings is 1. The van der Waals surface area contributed by atoms with Crippen LogP contribution in [0.4, 0.5) is 0 Å². The summed E-state index contributed by atoms with van der Waals surface area (Å²) in [4.78, 5) is 15.1. The average Bonchev–Trinajstić information content (AvgIpc) is 2.77. The van der Waals surface area contributed by atoms with E-state index in [2.05, 4.69) is 16.3 Å². The van der Waals surface area contributed by atoms with Crippen LogP contribution >= 0.6 is 0 Å². The predicted octanol–water partition coefficient (Wildman–Crippen LogP) is 2.47. The van der Waals surface area contributed by atoms with Crippen LogP contribution in [0.25, 0.3) is 0 Å². The van der Waals surface area contributed by atoms with Crippen LogP contribution in [-0.4, -0.2) is 58.4 Å². The van der Waals surface area contributed by atoms with Crippen LogP contribution in [0.15, 0.2) is 36.4 Å². The standard InChI is InChI=1S/C22H28N2O5/c1-26-19-12-18(13-20(27-2)21(19)28-3)22(25)23-14-16-6-4-5-7-17(16)15-24-8-10-29-11-9-24/h4-7,12-13H,8-11,14-15H2,1-3H3,(H,23,25). The molecule has 1 saturated heterocycles. The number of rotatable bonds is 8. The summed E-state index contributed by atoms with van der Waals surface area (Å²) in [5, 5.41) is 3.00. The van der Waals surface area contributed by atoms with Crippen molar-refractivity contribution in [3.8, 4) is 17.2 Å². The van der Waals surface area contributed by atoms with Crippen LogP contribution in [0.5, 0.6) is 17.2 Å². The van der Waals surface area contributed by atoms with E-state index in [0.29, 0.717) is 29.4 Å². The van der Waals surface area contributed by atoms with Gasteiger partial charge in [0.15, 0.2) is 11.5 Å². The Labute approximate surface area is 171 Å². The number of nitrogens with one attached hydrogen (secondary N) is 1. The lowest BCUT2D eigenvalue weighted by Crippen LogP contribution is -2.36. The van der Waals surface area contributed by atoms with Crippen LogP contribution in [0.2, 0.25) is 0 Å². The first-order valence-corrected chi connectivity index (χ1v) is 9.61. The van der Waals surface area contributed by atoms with E-state index >= 15 is 0 Å². The van der Waals surface area contributed by atoms with Gasteiger partial charge in [0, 0.05) is 31.7 Å². The summed E-state index contributed by atoms with van der Waals surface area (Å²) in [6.07, 6.45) is 0. The monoisotopic (exact) mass is 400 g/mol. The van der Waals surface area contributed by atoms with Crippen LogP contribution in [0.3, 0.4) is 0 Å². The Bertz CT molecular complexity index is 809. The summed E-state index contributed by atoms with van der Waals surface area (Å²) in [6, 6.07) is 11.5. The van der Waals surface area contributed by atoms with Gasteiger partial charge in [0.2, 0.25) is 5.75 Å². The van der Waals surface area contributed by atoms with Crippen molar-refractivity contribution >= 4 is 5.91 Å². The largest absolute Gasteiger partial charge is 0.493 e. The van der Waals surface area contributed by atoms with E-state index in [0.717, 1.165) is 38.4 Å². The SMILES string of the molecule is COc1cc(C(=O)NCc2ccccc2CN2CCOCC2)cc(OC)c1OC. The zero-order valence-corrected chi connectivity index (χ0v) is 17.2. The molecule has 0 atom stereocenters. The van der Waals surface area contributed by atoms with Gasteiger partial charge in [-0.3, -0.25) is 9.69 Å². The second-order valence-electron chi connectivity index (χ2n) is 6.75. The van der Waals surface area contributed by atoms with Crippen molar-refractivity contribution in [3.05, 3.63) is 53.1 Å². The van der Waals surface area contributed by atoms with Crippen LogP contribution < -0.4 is 19.5 Å². The Morgan fingerprint density at radius 1 is 1.00 bits per heavy atom. The van der Waals surface area contributed by atoms with Gasteiger partial charge in [-0.25, -0.2) is 0 Å². The highest BCUT2D eigenvalue weighted by Gasteiger charge is 2.18. The van der Waals surface area contributed by atoms with Crippen molar-refractivity contribution in [1.29, 1.82) is 0 Å². The average molecular weight is 400 g/mol. The van der Waals surface area contributed by atoms with E-state index in [9.17, 15) is 4.79 Å². The first-order chi connectivity index (χ1) is 14.2. The van der Waals surface area contributed by atoms with E-state index in [1.807, 2.05) is 18.2 Å². The summed E-state index contributed by atoms with van der Waals surface area (Å²) in [6.45, 7) is 4.66. The molecule has 7 heteroatoms. The van der Waals surface area contributed by atoms with Gasteiger partial charge in [-0.15, -0.1) is 0 Å². The lowest BCUT2D eigenvalue weighted by atomic mass is 10.1. The Kier molecular flexibility index (Phi) is 7.32. The molecular formula is C22H28N2O5. The highest BCUT2D eigenvalue weighted by atomic mass is 16.5. The van der Waals surface area contributed by atoms with Crippen LogP contribution in [0, 0.1) is 0 Å². The highest BCUT2D eigenvalue weighted by Crippen LogP contribution is 2.38. The number of benzene rings is 2. The number of ether oxygens (including phenoxy) is 4. The zero-order chi connectivity index (χ0) is 20.6. The third-order valence-corrected chi connectivity index (χ3v) is 4.98. The van der Waals surface area contributed by atoms with Gasteiger partial charge in [-0.2, -0.15) is 0 Å². The minimum absolute atomic E-state index is 0.203. The maximum atomic E-state index is 12.8. The molecule has 29 heavy (non-hydrogen) atoms. The molecule has 156 valence electrons. The summed E-state index contributed by atoms with van der Waals surface area (Å²) in [5.74, 6) is 1.15. The fraction of sp³-hybridized carbons (Fsp3) is 0.409. The Hall–Kier alpha value is -2.77. The minimum atomic E-state index is -0.203. The number of carbonyl (C=O) groups excluding carboxylic acids is 1. The maximum Gasteiger partial charge on any atom is 0.251 e. The molecule has 7 nitrogen and oxygen atoms in total. The number of amides is 1. The molecule has 0 saturated carbocycles. The Morgan fingerprint density at radius 3 is 2.21 bits per heavy atom. The molecule has 0 bridgehead atoms. The molecule has 1 N–H and O–H groups in total. The first-order valence-electron chi connectivity index (χ1n) is 9.61. The summed E-state index contributed by atoms with van der Waals surface area (Å²) in [7, 11) is 4.59. The Morgan fingerprint density at radius 2 is 1.62 bits per heavy atom. The summed E-state index contributed by atoms with van der Waals surface area (Å²) >= 11 is 0. The summed E-state index contributed by atoms with van der Waals surface area (Å²) < 4.78 is 21.4. The lowest BCUT2D eigenvalue weighted by molar-refractivity contribution is 0.0340. The Balaban J connectivity index is 1.71. The molecule has 1 fully saturated rings. The number of hydrogen-bond donors (Lipinski definition) is 1. The quantitative estimate of drug-likeness (QED) is 0.734. The number of methoxy groups -OCH3 is 3. The molecule has 3 rings (SSSR count). The molecule has 2 aromatic rings. The fourth-order valence-electron chi connectivity index (χ4n) is 3.37. The molecule has 0 radical (unpaired) electrons. The third kappa shape index (κ3) is 5.19. The van der Waals surface area contributed by atoms with Gasteiger partial charge in [-0.05, 0) is 23.3 Å². The lowest BCUT2D eigenvalue weighted by Gasteiger charge is -2.27. The fourth-order valence-corrected chi connectivity index (χ4v) is 3.37. The highest BCUT2D eigenvalue weighted by molar-refractivity contribution is 5.95. The van der Waals surface area contributed by atoms with Crippen molar-refractivity contribution in [3.63, 3.8) is 0 Å². The molecule has 1 heterocycles. The molecule has 0 aromatic heterocycles. The molecule has 0 unspecified atom stereocenters. The third-order valence-electron chi connectivity index (χ3n) is 4.98. The number of hydrogen-bond acceptors (Lipinski definition) is 6. The minimum Gasteiger partial charge on any atom is -0.493 e. The molecule has 1 aliphatic rings. The van der Waals surface area contributed by atoms with Crippen molar-refractivity contribution in [2.45, 2.75) is 13.1 Å². The van der Waals surface area contributed by atoms with E-state index < -0.39 is 0 Å². The molecule has 1 amide bonds. The topological polar surface area (TPSA) is 69.3 Å². The molecule has 0 spiro atoms. The zero-order valence-electron chi connectivity index (χ0n) is 17.2. The van der Waals surface area contributed by atoms with Gasteiger partial charge in [0.05, 0.1) is 34.5 Å². The normalized spacial score (nSPS) is 14.3. The number of carbonyl (C=O) groups is 1. The van der Waals surface area contributed by atoms with E-state index in [1.165, 1.54) is 26.9 Å². The van der Waals surface area contributed by atoms with Gasteiger partial charge < -0.3 is 24.3 Å². The van der Waals surface area contributed by atoms with Gasteiger partial charge in [0.1, 0.15) is 0 Å². The van der Waals surface area contributed by atoms with Crippen molar-refractivity contribution in [1.82, 2.24) is 10.2 Å². The van der Waals surface area contributed by atoms with Gasteiger partial charge in [-0.1, -0.05) is 24.3 Å². The number of nitrogens with zero attached hydrogens (tertiary/aromatic N) is 1. The van der Waals surface area contributed by atoms with Crippen molar-refractivity contribution in [2.75, 3.05) is 47.6 Å².